The second-order valence-electron chi connectivity index (χ2n) is 6.71. The lowest BCUT2D eigenvalue weighted by molar-refractivity contribution is 0.0601. The van der Waals surface area contributed by atoms with E-state index in [9.17, 15) is 14.3 Å². The number of methoxy groups -OCH3 is 2. The van der Waals surface area contributed by atoms with Gasteiger partial charge in [-0.25, -0.2) is 9.18 Å². The number of hydrogen-bond donors (Lipinski definition) is 1. The molecule has 0 spiro atoms. The first-order valence-corrected chi connectivity index (χ1v) is 8.94. The van der Waals surface area contributed by atoms with Crippen molar-refractivity contribution < 1.29 is 23.8 Å². The molecule has 0 aromatic heterocycles. The Labute approximate surface area is 162 Å². The Morgan fingerprint density at radius 1 is 0.929 bits per heavy atom. The molecule has 0 atom stereocenters. The third-order valence-corrected chi connectivity index (χ3v) is 5.17. The number of aryl methyl sites for hydroxylation is 2. The molecule has 1 aliphatic carbocycles. The van der Waals surface area contributed by atoms with Crippen molar-refractivity contribution in [3.8, 4) is 33.8 Å². The van der Waals surface area contributed by atoms with Crippen molar-refractivity contribution in [2.75, 3.05) is 14.2 Å². The molecule has 0 saturated carbocycles. The Morgan fingerprint density at radius 3 is 2.29 bits per heavy atom. The lowest BCUT2D eigenvalue weighted by Crippen LogP contribution is -2.10. The molecule has 0 unspecified atom stereocenters. The molecule has 3 aromatic carbocycles. The molecule has 3 aromatic rings. The van der Waals surface area contributed by atoms with Gasteiger partial charge in [0, 0.05) is 5.56 Å². The first-order valence-electron chi connectivity index (χ1n) is 8.94. The van der Waals surface area contributed by atoms with Crippen LogP contribution in [0.1, 0.15) is 21.5 Å². The molecule has 1 N–H and O–H groups in total. The van der Waals surface area contributed by atoms with Crippen LogP contribution >= 0.6 is 0 Å². The number of benzene rings is 3. The van der Waals surface area contributed by atoms with Crippen molar-refractivity contribution in [2.45, 2.75) is 12.8 Å². The predicted octanol–water partition coefficient (Wildman–Crippen LogP) is 4.76. The van der Waals surface area contributed by atoms with E-state index in [1.165, 1.54) is 20.3 Å². The molecule has 0 radical (unpaired) electrons. The summed E-state index contributed by atoms with van der Waals surface area (Å²) in [7, 11) is 2.81. The molecule has 142 valence electrons. The quantitative estimate of drug-likeness (QED) is 0.668. The second-order valence-corrected chi connectivity index (χ2v) is 6.71. The monoisotopic (exact) mass is 378 g/mol. The summed E-state index contributed by atoms with van der Waals surface area (Å²) >= 11 is 0. The summed E-state index contributed by atoms with van der Waals surface area (Å²) in [5.41, 5.74) is 4.83. The molecular formula is C23H19FO4. The standard InChI is InChI=1S/C23H19FO4/c1-27-22-10-14-8-7-13-9-18(15-5-3-4-6-20(15)24)19(23(26)28-2)11-16(13)17(14)12-21(22)25/h3-6,9-12,25H,7-8H2,1-2H3. The molecule has 0 bridgehead atoms. The summed E-state index contributed by atoms with van der Waals surface area (Å²) in [5.74, 6) is -0.484. The fourth-order valence-corrected chi connectivity index (χ4v) is 3.78. The normalized spacial score (nSPS) is 12.1. The SMILES string of the molecule is COC(=O)c1cc2c(cc1-c1ccccc1F)CCc1cc(OC)c(O)cc1-2. The van der Waals surface area contributed by atoms with Gasteiger partial charge in [0.1, 0.15) is 5.82 Å². The highest BCUT2D eigenvalue weighted by Crippen LogP contribution is 2.42. The van der Waals surface area contributed by atoms with E-state index in [1.807, 2.05) is 12.1 Å². The van der Waals surface area contributed by atoms with E-state index in [4.69, 9.17) is 9.47 Å². The van der Waals surface area contributed by atoms with Crippen LogP contribution in [0.3, 0.4) is 0 Å². The highest BCUT2D eigenvalue weighted by Gasteiger charge is 2.24. The van der Waals surface area contributed by atoms with Gasteiger partial charge in [0.15, 0.2) is 11.5 Å². The summed E-state index contributed by atoms with van der Waals surface area (Å²) in [4.78, 5) is 12.5. The average molecular weight is 378 g/mol. The number of phenolic OH excluding ortho intramolecular Hbond substituents is 1. The highest BCUT2D eigenvalue weighted by atomic mass is 19.1. The fraction of sp³-hybridized carbons (Fsp3) is 0.174. The minimum atomic E-state index is -0.536. The van der Waals surface area contributed by atoms with Crippen molar-refractivity contribution in [3.05, 3.63) is 71.0 Å². The van der Waals surface area contributed by atoms with Crippen molar-refractivity contribution in [2.24, 2.45) is 0 Å². The summed E-state index contributed by atoms with van der Waals surface area (Å²) in [6.45, 7) is 0. The topological polar surface area (TPSA) is 55.8 Å². The van der Waals surface area contributed by atoms with Gasteiger partial charge < -0.3 is 14.6 Å². The van der Waals surface area contributed by atoms with E-state index in [1.54, 1.807) is 30.3 Å². The maximum atomic E-state index is 14.4. The Bertz CT molecular complexity index is 1090. The predicted molar refractivity (Wildman–Crippen MR) is 104 cm³/mol. The smallest absolute Gasteiger partial charge is 0.338 e. The Hall–Kier alpha value is -3.34. The van der Waals surface area contributed by atoms with Crippen molar-refractivity contribution in [3.63, 3.8) is 0 Å². The zero-order valence-corrected chi connectivity index (χ0v) is 15.6. The summed E-state index contributed by atoms with van der Waals surface area (Å²) in [6.07, 6.45) is 1.49. The van der Waals surface area contributed by atoms with Crippen LogP contribution in [-0.2, 0) is 17.6 Å². The van der Waals surface area contributed by atoms with Crippen molar-refractivity contribution >= 4 is 5.97 Å². The van der Waals surface area contributed by atoms with Gasteiger partial charge in [-0.15, -0.1) is 0 Å². The maximum absolute atomic E-state index is 14.4. The average Bonchev–Trinajstić information content (AvgIpc) is 2.72. The van der Waals surface area contributed by atoms with E-state index in [0.717, 1.165) is 35.1 Å². The van der Waals surface area contributed by atoms with E-state index in [-0.39, 0.29) is 11.3 Å². The number of hydrogen-bond acceptors (Lipinski definition) is 4. The zero-order valence-electron chi connectivity index (χ0n) is 15.6. The lowest BCUT2D eigenvalue weighted by atomic mass is 9.82. The zero-order chi connectivity index (χ0) is 19.8. The minimum absolute atomic E-state index is 0.0342. The van der Waals surface area contributed by atoms with E-state index < -0.39 is 11.8 Å². The van der Waals surface area contributed by atoms with Crippen LogP contribution in [0.25, 0.3) is 22.3 Å². The van der Waals surface area contributed by atoms with E-state index in [0.29, 0.717) is 16.9 Å². The van der Waals surface area contributed by atoms with Gasteiger partial charge in [0.25, 0.3) is 0 Å². The number of fused-ring (bicyclic) bond motifs is 3. The maximum Gasteiger partial charge on any atom is 0.338 e. The van der Waals surface area contributed by atoms with Crippen LogP contribution in [0.4, 0.5) is 4.39 Å². The molecule has 4 rings (SSSR count). The molecular weight excluding hydrogens is 359 g/mol. The third kappa shape index (κ3) is 2.89. The summed E-state index contributed by atoms with van der Waals surface area (Å²) < 4.78 is 24.6. The van der Waals surface area contributed by atoms with Crippen molar-refractivity contribution in [1.82, 2.24) is 0 Å². The molecule has 5 heteroatoms. The molecule has 28 heavy (non-hydrogen) atoms. The Balaban J connectivity index is 1.97. The molecule has 0 amide bonds. The van der Waals surface area contributed by atoms with Crippen LogP contribution in [0.5, 0.6) is 11.5 Å². The van der Waals surface area contributed by atoms with Crippen LogP contribution in [0.2, 0.25) is 0 Å². The van der Waals surface area contributed by atoms with Gasteiger partial charge >= 0.3 is 5.97 Å². The van der Waals surface area contributed by atoms with Crippen LogP contribution in [0.15, 0.2) is 48.5 Å². The van der Waals surface area contributed by atoms with Gasteiger partial charge in [0.2, 0.25) is 0 Å². The summed E-state index contributed by atoms with van der Waals surface area (Å²) in [6, 6.07) is 13.4. The largest absolute Gasteiger partial charge is 0.504 e. The number of carbonyl (C=O) groups is 1. The molecule has 0 heterocycles. The third-order valence-electron chi connectivity index (χ3n) is 5.17. The number of halogens is 1. The Kier molecular flexibility index (Phi) is 4.51. The first kappa shape index (κ1) is 18.0. The number of phenols is 1. The highest BCUT2D eigenvalue weighted by molar-refractivity contribution is 6.00. The number of esters is 1. The van der Waals surface area contributed by atoms with Crippen molar-refractivity contribution in [1.29, 1.82) is 0 Å². The first-order chi connectivity index (χ1) is 13.5. The van der Waals surface area contributed by atoms with Gasteiger partial charge in [0.05, 0.1) is 19.8 Å². The van der Waals surface area contributed by atoms with Crippen LogP contribution < -0.4 is 4.74 Å². The number of aromatic hydroxyl groups is 1. The van der Waals surface area contributed by atoms with E-state index >= 15 is 0 Å². The van der Waals surface area contributed by atoms with Gasteiger partial charge in [-0.2, -0.15) is 0 Å². The van der Waals surface area contributed by atoms with E-state index in [2.05, 4.69) is 0 Å². The molecule has 0 fully saturated rings. The van der Waals surface area contributed by atoms with Gasteiger partial charge in [-0.1, -0.05) is 18.2 Å². The second kappa shape index (κ2) is 7.00. The minimum Gasteiger partial charge on any atom is -0.504 e. The Morgan fingerprint density at radius 2 is 1.61 bits per heavy atom. The fourth-order valence-electron chi connectivity index (χ4n) is 3.78. The number of carbonyl (C=O) groups excluding carboxylic acids is 1. The molecule has 4 nitrogen and oxygen atoms in total. The van der Waals surface area contributed by atoms with Gasteiger partial charge in [-0.3, -0.25) is 0 Å². The number of ether oxygens (including phenoxy) is 2. The lowest BCUT2D eigenvalue weighted by Gasteiger charge is -2.23. The summed E-state index contributed by atoms with van der Waals surface area (Å²) in [5, 5.41) is 10.2. The van der Waals surface area contributed by atoms with Crippen LogP contribution in [-0.4, -0.2) is 25.3 Å². The molecule has 0 aliphatic heterocycles. The number of rotatable bonds is 3. The molecule has 1 aliphatic rings. The molecule has 0 saturated heterocycles. The van der Waals surface area contributed by atoms with Crippen LogP contribution in [0, 0.1) is 5.82 Å². The van der Waals surface area contributed by atoms with Gasteiger partial charge in [-0.05, 0) is 71.0 Å².